The van der Waals surface area contributed by atoms with Crippen molar-refractivity contribution in [1.82, 2.24) is 9.97 Å². The summed E-state index contributed by atoms with van der Waals surface area (Å²) < 4.78 is 16.3. The summed E-state index contributed by atoms with van der Waals surface area (Å²) in [4.78, 5) is 23.1. The summed E-state index contributed by atoms with van der Waals surface area (Å²) in [6.45, 7) is 2.71. The molecular formula is C27H26ClN3O4. The van der Waals surface area contributed by atoms with Crippen molar-refractivity contribution >= 4 is 28.5 Å². The van der Waals surface area contributed by atoms with Crippen molar-refractivity contribution in [2.24, 2.45) is 0 Å². The molecule has 3 aromatic carbocycles. The highest BCUT2D eigenvalue weighted by atomic mass is 35.5. The number of H-pyrrole nitrogens is 1. The van der Waals surface area contributed by atoms with E-state index in [1.54, 1.807) is 26.4 Å². The number of fused-ring (bicyclic) bond motifs is 2. The average Bonchev–Trinajstić information content (AvgIpc) is 2.87. The number of hydrogen-bond acceptors (Lipinski definition) is 6. The summed E-state index contributed by atoms with van der Waals surface area (Å²) in [5.41, 5.74) is 4.74. The number of aryl methyl sites for hydroxylation is 1. The highest BCUT2D eigenvalue weighted by Crippen LogP contribution is 2.41. The van der Waals surface area contributed by atoms with Gasteiger partial charge in [-0.25, -0.2) is 4.98 Å². The fraction of sp³-hybridized carbons (Fsp3) is 0.259. The Morgan fingerprint density at radius 3 is 2.34 bits per heavy atom. The Labute approximate surface area is 208 Å². The Bertz CT molecular complexity index is 1470. The molecule has 0 spiro atoms. The smallest absolute Gasteiger partial charge is 0.260 e. The lowest BCUT2D eigenvalue weighted by Gasteiger charge is -2.38. The predicted molar refractivity (Wildman–Crippen MR) is 138 cm³/mol. The van der Waals surface area contributed by atoms with Gasteiger partial charge in [-0.2, -0.15) is 0 Å². The number of anilines is 1. The molecule has 0 saturated heterocycles. The number of nitrogens with one attached hydrogen (secondary N) is 1. The van der Waals surface area contributed by atoms with Crippen LogP contribution < -0.4 is 24.7 Å². The van der Waals surface area contributed by atoms with Crippen LogP contribution in [-0.4, -0.2) is 37.8 Å². The molecule has 0 amide bonds. The van der Waals surface area contributed by atoms with Gasteiger partial charge in [0.05, 0.1) is 43.3 Å². The van der Waals surface area contributed by atoms with E-state index in [0.29, 0.717) is 45.7 Å². The minimum atomic E-state index is -0.243. The first-order valence-corrected chi connectivity index (χ1v) is 11.7. The van der Waals surface area contributed by atoms with Crippen LogP contribution in [0, 0.1) is 6.92 Å². The molecule has 7 nitrogen and oxygen atoms in total. The molecule has 35 heavy (non-hydrogen) atoms. The summed E-state index contributed by atoms with van der Waals surface area (Å²) in [6, 6.07) is 15.5. The Hall–Kier alpha value is -3.71. The number of aromatic amines is 1. The maximum Gasteiger partial charge on any atom is 0.260 e. The first-order chi connectivity index (χ1) is 16.9. The van der Waals surface area contributed by atoms with Crippen LogP contribution in [-0.2, 0) is 6.42 Å². The zero-order chi connectivity index (χ0) is 24.7. The third-order valence-electron chi connectivity index (χ3n) is 6.51. The van der Waals surface area contributed by atoms with E-state index >= 15 is 0 Å². The summed E-state index contributed by atoms with van der Waals surface area (Å²) in [6.07, 6.45) is 0.749. The number of rotatable bonds is 5. The molecule has 0 radical (unpaired) electrons. The Balaban J connectivity index is 1.70. The van der Waals surface area contributed by atoms with Gasteiger partial charge in [-0.15, -0.1) is 0 Å². The van der Waals surface area contributed by atoms with Crippen LogP contribution in [0.4, 0.5) is 5.95 Å². The van der Waals surface area contributed by atoms with Gasteiger partial charge < -0.3 is 19.1 Å². The average molecular weight is 492 g/mol. The Kier molecular flexibility index (Phi) is 6.03. The van der Waals surface area contributed by atoms with E-state index in [9.17, 15) is 4.79 Å². The Morgan fingerprint density at radius 1 is 0.971 bits per heavy atom. The number of aromatic nitrogens is 2. The van der Waals surface area contributed by atoms with Crippen molar-refractivity contribution in [3.05, 3.63) is 86.2 Å². The summed E-state index contributed by atoms with van der Waals surface area (Å²) >= 11 is 6.56. The maximum absolute atomic E-state index is 13.1. The van der Waals surface area contributed by atoms with Gasteiger partial charge in [-0.05, 0) is 48.2 Å². The standard InChI is InChI=1S/C27H26ClN3O4/c1-15-5-7-16(8-6-15)25-18-12-20(28)22(33-2)11-17(18)9-10-31(25)27-29-21-14-24(35-4)23(34-3)13-19(21)26(32)30-27/h5-8,11-14,25H,9-10H2,1-4H3,(H,29,30,32). The molecule has 180 valence electrons. The fourth-order valence-electron chi connectivity index (χ4n) is 4.70. The molecule has 1 unspecified atom stereocenters. The molecule has 8 heteroatoms. The van der Waals surface area contributed by atoms with E-state index in [1.165, 1.54) is 12.7 Å². The van der Waals surface area contributed by atoms with Gasteiger partial charge >= 0.3 is 0 Å². The van der Waals surface area contributed by atoms with Crippen LogP contribution in [0.1, 0.15) is 28.3 Å². The van der Waals surface area contributed by atoms with Crippen molar-refractivity contribution in [2.75, 3.05) is 32.8 Å². The van der Waals surface area contributed by atoms with Gasteiger partial charge in [0.2, 0.25) is 5.95 Å². The number of benzene rings is 3. The molecule has 4 aromatic rings. The van der Waals surface area contributed by atoms with Crippen molar-refractivity contribution in [3.63, 3.8) is 0 Å². The number of nitrogens with zero attached hydrogens (tertiary/aromatic N) is 2. The molecule has 0 saturated carbocycles. The molecule has 0 fully saturated rings. The van der Waals surface area contributed by atoms with E-state index < -0.39 is 0 Å². The molecule has 1 N–H and O–H groups in total. The van der Waals surface area contributed by atoms with Gasteiger partial charge in [-0.1, -0.05) is 41.4 Å². The van der Waals surface area contributed by atoms with Gasteiger partial charge in [0, 0.05) is 12.6 Å². The highest BCUT2D eigenvalue weighted by Gasteiger charge is 2.32. The van der Waals surface area contributed by atoms with Crippen LogP contribution in [0.3, 0.4) is 0 Å². The topological polar surface area (TPSA) is 76.7 Å². The molecule has 1 aliphatic rings. The number of methoxy groups -OCH3 is 3. The maximum atomic E-state index is 13.1. The zero-order valence-electron chi connectivity index (χ0n) is 20.0. The van der Waals surface area contributed by atoms with E-state index in [2.05, 4.69) is 41.1 Å². The van der Waals surface area contributed by atoms with E-state index in [-0.39, 0.29) is 11.6 Å². The molecule has 2 heterocycles. The first kappa shape index (κ1) is 23.1. The van der Waals surface area contributed by atoms with Crippen molar-refractivity contribution in [3.8, 4) is 17.2 Å². The predicted octanol–water partition coefficient (Wildman–Crippen LogP) is 5.06. The molecule has 1 atom stereocenters. The largest absolute Gasteiger partial charge is 0.495 e. The van der Waals surface area contributed by atoms with Crippen LogP contribution in [0.25, 0.3) is 10.9 Å². The number of halogens is 1. The fourth-order valence-corrected chi connectivity index (χ4v) is 4.95. The summed E-state index contributed by atoms with van der Waals surface area (Å²) in [5.74, 6) is 2.13. The van der Waals surface area contributed by atoms with Gasteiger partial charge in [0.25, 0.3) is 5.56 Å². The van der Waals surface area contributed by atoms with Crippen molar-refractivity contribution < 1.29 is 14.2 Å². The lowest BCUT2D eigenvalue weighted by atomic mass is 9.88. The lowest BCUT2D eigenvalue weighted by Crippen LogP contribution is -2.38. The third kappa shape index (κ3) is 4.06. The van der Waals surface area contributed by atoms with E-state index in [4.69, 9.17) is 30.8 Å². The van der Waals surface area contributed by atoms with Gasteiger partial charge in [0.15, 0.2) is 11.5 Å². The van der Waals surface area contributed by atoms with Crippen LogP contribution in [0.2, 0.25) is 5.02 Å². The van der Waals surface area contributed by atoms with Gasteiger partial charge in [0.1, 0.15) is 5.75 Å². The monoisotopic (exact) mass is 491 g/mol. The van der Waals surface area contributed by atoms with Crippen molar-refractivity contribution in [1.29, 1.82) is 0 Å². The minimum absolute atomic E-state index is 0.191. The summed E-state index contributed by atoms with van der Waals surface area (Å²) in [5, 5.41) is 0.977. The number of ether oxygens (including phenoxy) is 3. The third-order valence-corrected chi connectivity index (χ3v) is 6.80. The SMILES string of the molecule is COc1cc2c(cc1Cl)C(c1ccc(C)cc1)N(c1nc3cc(OC)c(OC)cc3c(=O)[nH]1)CC2. The molecule has 1 aliphatic heterocycles. The normalized spacial score (nSPS) is 15.1. The second kappa shape index (κ2) is 9.15. The zero-order valence-corrected chi connectivity index (χ0v) is 20.8. The van der Waals surface area contributed by atoms with E-state index in [0.717, 1.165) is 23.1 Å². The highest BCUT2D eigenvalue weighted by molar-refractivity contribution is 6.32. The van der Waals surface area contributed by atoms with E-state index in [1.807, 2.05) is 12.1 Å². The Morgan fingerprint density at radius 2 is 1.66 bits per heavy atom. The van der Waals surface area contributed by atoms with Crippen LogP contribution in [0.5, 0.6) is 17.2 Å². The van der Waals surface area contributed by atoms with Crippen LogP contribution >= 0.6 is 11.6 Å². The molecular weight excluding hydrogens is 466 g/mol. The first-order valence-electron chi connectivity index (χ1n) is 11.3. The second-order valence-electron chi connectivity index (χ2n) is 8.56. The molecule has 1 aromatic heterocycles. The van der Waals surface area contributed by atoms with Crippen LogP contribution in [0.15, 0.2) is 53.3 Å². The lowest BCUT2D eigenvalue weighted by molar-refractivity contribution is 0.355. The quantitative estimate of drug-likeness (QED) is 0.420. The molecule has 0 bridgehead atoms. The minimum Gasteiger partial charge on any atom is -0.495 e. The molecule has 0 aliphatic carbocycles. The number of hydrogen-bond donors (Lipinski definition) is 1. The second-order valence-corrected chi connectivity index (χ2v) is 8.96. The summed E-state index contributed by atoms with van der Waals surface area (Å²) in [7, 11) is 4.72. The molecule has 5 rings (SSSR count). The van der Waals surface area contributed by atoms with Gasteiger partial charge in [-0.3, -0.25) is 9.78 Å². The van der Waals surface area contributed by atoms with Crippen molar-refractivity contribution in [2.45, 2.75) is 19.4 Å².